The van der Waals surface area contributed by atoms with Gasteiger partial charge in [0.25, 0.3) is 0 Å². The highest BCUT2D eigenvalue weighted by Crippen LogP contribution is 2.49. The first-order chi connectivity index (χ1) is 15.4. The van der Waals surface area contributed by atoms with Gasteiger partial charge in [-0.2, -0.15) is 26.3 Å². The number of hydrogen-bond donors (Lipinski definition) is 2. The fraction of sp³-hybridized carbons (Fsp3) is 0.435. The highest BCUT2D eigenvalue weighted by atomic mass is 19.4. The van der Waals surface area contributed by atoms with Gasteiger partial charge in [-0.3, -0.25) is 4.79 Å². The number of ether oxygens (including phenoxy) is 1. The molecule has 180 valence electrons. The first-order valence-corrected chi connectivity index (χ1v) is 10.3. The fourth-order valence-electron chi connectivity index (χ4n) is 4.14. The summed E-state index contributed by atoms with van der Waals surface area (Å²) in [5.74, 6) is -0.511. The minimum absolute atomic E-state index is 0.00170. The van der Waals surface area contributed by atoms with E-state index in [1.165, 1.54) is 6.92 Å². The van der Waals surface area contributed by atoms with Gasteiger partial charge < -0.3 is 15.8 Å². The van der Waals surface area contributed by atoms with Crippen molar-refractivity contribution in [2.45, 2.75) is 43.6 Å². The Kier molecular flexibility index (Phi) is 7.09. The molecule has 0 heterocycles. The van der Waals surface area contributed by atoms with Crippen LogP contribution >= 0.6 is 0 Å². The number of carbonyl (C=O) groups excluding carboxylic acids is 1. The summed E-state index contributed by atoms with van der Waals surface area (Å²) >= 11 is 0. The Labute approximate surface area is 187 Å². The van der Waals surface area contributed by atoms with Gasteiger partial charge in [-0.25, -0.2) is 0 Å². The first kappa shape index (κ1) is 25.0. The van der Waals surface area contributed by atoms with Gasteiger partial charge in [0.1, 0.15) is 0 Å². The molecule has 2 aromatic rings. The molecule has 2 aromatic carbocycles. The van der Waals surface area contributed by atoms with E-state index in [0.29, 0.717) is 25.0 Å². The molecule has 0 saturated heterocycles. The van der Waals surface area contributed by atoms with E-state index in [9.17, 15) is 31.1 Å². The third-order valence-electron chi connectivity index (χ3n) is 6.00. The van der Waals surface area contributed by atoms with E-state index in [0.717, 1.165) is 5.56 Å². The second kappa shape index (κ2) is 9.34. The Morgan fingerprint density at radius 1 is 1.06 bits per heavy atom. The van der Waals surface area contributed by atoms with E-state index < -0.39 is 35.0 Å². The van der Waals surface area contributed by atoms with E-state index >= 15 is 0 Å². The summed E-state index contributed by atoms with van der Waals surface area (Å²) in [7, 11) is 0. The summed E-state index contributed by atoms with van der Waals surface area (Å²) in [5.41, 5.74) is 2.66. The molecule has 10 heteroatoms. The predicted octanol–water partition coefficient (Wildman–Crippen LogP) is 5.18. The SMILES string of the molecule is C[C@@H](OCC1(c2ccccc2)CC(C(=O)NCN)C1)c1cc(C(F)(F)F)cc(C(F)(F)F)c1. The monoisotopic (exact) mass is 474 g/mol. The topological polar surface area (TPSA) is 64.3 Å². The average molecular weight is 474 g/mol. The zero-order valence-electron chi connectivity index (χ0n) is 17.8. The molecule has 0 aliphatic heterocycles. The van der Waals surface area contributed by atoms with Crippen LogP contribution in [-0.2, 0) is 27.3 Å². The Balaban J connectivity index is 1.83. The van der Waals surface area contributed by atoms with Crippen LogP contribution in [0, 0.1) is 5.92 Å². The first-order valence-electron chi connectivity index (χ1n) is 10.3. The minimum Gasteiger partial charge on any atom is -0.373 e. The lowest BCUT2D eigenvalue weighted by Crippen LogP contribution is -2.51. The van der Waals surface area contributed by atoms with Gasteiger partial charge in [-0.15, -0.1) is 0 Å². The number of alkyl halides is 6. The molecule has 3 rings (SSSR count). The number of halogens is 6. The number of nitrogens with one attached hydrogen (secondary N) is 1. The molecule has 33 heavy (non-hydrogen) atoms. The Morgan fingerprint density at radius 3 is 2.09 bits per heavy atom. The lowest BCUT2D eigenvalue weighted by molar-refractivity contribution is -0.143. The average Bonchev–Trinajstić information content (AvgIpc) is 2.72. The molecule has 0 radical (unpaired) electrons. The molecule has 0 aromatic heterocycles. The molecule has 1 fully saturated rings. The van der Waals surface area contributed by atoms with Crippen LogP contribution in [0.4, 0.5) is 26.3 Å². The largest absolute Gasteiger partial charge is 0.416 e. The van der Waals surface area contributed by atoms with Crippen LogP contribution in [0.5, 0.6) is 0 Å². The molecule has 0 spiro atoms. The summed E-state index contributed by atoms with van der Waals surface area (Å²) in [6.45, 7) is 1.44. The quantitative estimate of drug-likeness (QED) is 0.429. The van der Waals surface area contributed by atoms with Gasteiger partial charge >= 0.3 is 12.4 Å². The lowest BCUT2D eigenvalue weighted by atomic mass is 9.58. The van der Waals surface area contributed by atoms with Crippen molar-refractivity contribution in [2.24, 2.45) is 11.7 Å². The van der Waals surface area contributed by atoms with Gasteiger partial charge in [0.05, 0.1) is 30.5 Å². The number of carbonyl (C=O) groups is 1. The molecular formula is C23H24F6N2O2. The third kappa shape index (κ3) is 5.67. The summed E-state index contributed by atoms with van der Waals surface area (Å²) in [5, 5.41) is 2.55. The van der Waals surface area contributed by atoms with Crippen LogP contribution < -0.4 is 11.1 Å². The van der Waals surface area contributed by atoms with Crippen LogP contribution in [-0.4, -0.2) is 19.2 Å². The molecule has 1 amide bonds. The van der Waals surface area contributed by atoms with Crippen molar-refractivity contribution in [3.63, 3.8) is 0 Å². The van der Waals surface area contributed by atoms with Gasteiger partial charge in [0.15, 0.2) is 0 Å². The van der Waals surface area contributed by atoms with Crippen molar-refractivity contribution >= 4 is 5.91 Å². The normalized spacial score (nSPS) is 21.9. The summed E-state index contributed by atoms with van der Waals surface area (Å²) < 4.78 is 84.9. The molecular weight excluding hydrogens is 450 g/mol. The predicted molar refractivity (Wildman–Crippen MR) is 109 cm³/mol. The van der Waals surface area contributed by atoms with Crippen LogP contribution in [0.15, 0.2) is 48.5 Å². The maximum atomic E-state index is 13.2. The maximum absolute atomic E-state index is 13.2. The minimum atomic E-state index is -4.93. The maximum Gasteiger partial charge on any atom is 0.416 e. The van der Waals surface area contributed by atoms with E-state index in [4.69, 9.17) is 10.5 Å². The standard InChI is InChI=1S/C23H24F6N2O2/c1-14(15-7-18(22(24,25)26)9-19(8-15)23(27,28)29)33-12-21(17-5-3-2-4-6-17)10-16(11-21)20(32)31-13-30/h2-9,14,16H,10-13,30H2,1H3,(H,31,32)/t14-,16?,21?/m1/s1. The van der Waals surface area contributed by atoms with Crippen molar-refractivity contribution in [3.05, 3.63) is 70.8 Å². The van der Waals surface area contributed by atoms with Crippen molar-refractivity contribution in [3.8, 4) is 0 Å². The van der Waals surface area contributed by atoms with Crippen LogP contribution in [0.2, 0.25) is 0 Å². The van der Waals surface area contributed by atoms with Gasteiger partial charge in [0, 0.05) is 11.3 Å². The highest BCUT2D eigenvalue weighted by Gasteiger charge is 2.49. The fourth-order valence-corrected chi connectivity index (χ4v) is 4.14. The highest BCUT2D eigenvalue weighted by molar-refractivity contribution is 5.80. The zero-order chi connectivity index (χ0) is 24.4. The number of benzene rings is 2. The summed E-state index contributed by atoms with van der Waals surface area (Å²) in [6.07, 6.45) is -10.1. The summed E-state index contributed by atoms with van der Waals surface area (Å²) in [6, 6.07) is 10.6. The smallest absolute Gasteiger partial charge is 0.373 e. The van der Waals surface area contributed by atoms with Crippen molar-refractivity contribution in [1.29, 1.82) is 0 Å². The van der Waals surface area contributed by atoms with Gasteiger partial charge in [-0.05, 0) is 49.1 Å². The Hall–Kier alpha value is -2.59. The molecule has 1 saturated carbocycles. The zero-order valence-corrected chi connectivity index (χ0v) is 17.8. The Morgan fingerprint density at radius 2 is 1.61 bits per heavy atom. The molecule has 0 bridgehead atoms. The summed E-state index contributed by atoms with van der Waals surface area (Å²) in [4.78, 5) is 12.1. The molecule has 4 nitrogen and oxygen atoms in total. The van der Waals surface area contributed by atoms with E-state index in [1.807, 2.05) is 30.3 Å². The Bertz CT molecular complexity index is 937. The van der Waals surface area contributed by atoms with Gasteiger partial charge in [-0.1, -0.05) is 30.3 Å². The number of amides is 1. The third-order valence-corrected chi connectivity index (χ3v) is 6.00. The van der Waals surface area contributed by atoms with Crippen molar-refractivity contribution in [1.82, 2.24) is 5.32 Å². The van der Waals surface area contributed by atoms with Crippen LogP contribution in [0.25, 0.3) is 0 Å². The van der Waals surface area contributed by atoms with Crippen molar-refractivity contribution < 1.29 is 35.9 Å². The van der Waals surface area contributed by atoms with Crippen LogP contribution in [0.1, 0.15) is 48.1 Å². The van der Waals surface area contributed by atoms with E-state index in [1.54, 1.807) is 0 Å². The molecule has 1 aliphatic carbocycles. The van der Waals surface area contributed by atoms with Crippen molar-refractivity contribution in [2.75, 3.05) is 13.3 Å². The van der Waals surface area contributed by atoms with Crippen LogP contribution in [0.3, 0.4) is 0 Å². The molecule has 1 atom stereocenters. The molecule has 3 N–H and O–H groups in total. The number of nitrogens with two attached hydrogens (primary N) is 1. The lowest BCUT2D eigenvalue weighted by Gasteiger charge is -2.47. The number of rotatable bonds is 7. The van der Waals surface area contributed by atoms with E-state index in [2.05, 4.69) is 5.32 Å². The second-order valence-electron chi connectivity index (χ2n) is 8.29. The van der Waals surface area contributed by atoms with E-state index in [-0.39, 0.29) is 36.7 Å². The second-order valence-corrected chi connectivity index (χ2v) is 8.29. The van der Waals surface area contributed by atoms with Gasteiger partial charge in [0.2, 0.25) is 5.91 Å². The molecule has 0 unspecified atom stereocenters. The molecule has 1 aliphatic rings. The number of hydrogen-bond acceptors (Lipinski definition) is 3.